The summed E-state index contributed by atoms with van der Waals surface area (Å²) in [6.45, 7) is 4.34. The number of benzene rings is 1. The largest absolute Gasteiger partial charge is 0.488 e. The molecule has 1 heterocycles. The van der Waals surface area contributed by atoms with Gasteiger partial charge in [-0.25, -0.2) is 8.78 Å². The molecule has 0 radical (unpaired) electrons. The summed E-state index contributed by atoms with van der Waals surface area (Å²) in [7, 11) is 0. The zero-order valence-electron chi connectivity index (χ0n) is 12.6. The normalized spacial score (nSPS) is 15.7. The first-order valence-corrected chi connectivity index (χ1v) is 7.01. The number of hydrogen-bond acceptors (Lipinski definition) is 3. The number of ether oxygens (including phenoxy) is 2. The number of rotatable bonds is 5. The van der Waals surface area contributed by atoms with Crippen LogP contribution in [0.5, 0.6) is 5.75 Å². The minimum Gasteiger partial charge on any atom is -0.488 e. The Morgan fingerprint density at radius 1 is 1.04 bits per heavy atom. The van der Waals surface area contributed by atoms with Crippen LogP contribution < -0.4 is 4.74 Å². The van der Waals surface area contributed by atoms with Crippen molar-refractivity contribution in [3.63, 3.8) is 0 Å². The first-order valence-electron chi connectivity index (χ1n) is 7.01. The lowest BCUT2D eigenvalue weighted by molar-refractivity contribution is 0.0435. The van der Waals surface area contributed by atoms with E-state index >= 15 is 0 Å². The molecule has 1 aliphatic rings. The Hall–Kier alpha value is -1.31. The topological polar surface area (TPSA) is 21.7 Å². The highest BCUT2D eigenvalue weighted by molar-refractivity contribution is 5.85. The van der Waals surface area contributed by atoms with Crippen LogP contribution in [0.3, 0.4) is 0 Å². The molecule has 0 amide bonds. The molecule has 130 valence electrons. The zero-order valence-corrected chi connectivity index (χ0v) is 13.4. The fourth-order valence-electron chi connectivity index (χ4n) is 2.15. The molecule has 2 rings (SSSR count). The lowest BCUT2D eigenvalue weighted by Gasteiger charge is -2.25. The monoisotopic (exact) mass is 355 g/mol. The van der Waals surface area contributed by atoms with Crippen molar-refractivity contribution in [1.29, 1.82) is 0 Å². The zero-order chi connectivity index (χ0) is 16.1. The third-order valence-corrected chi connectivity index (χ3v) is 3.30. The quantitative estimate of drug-likeness (QED) is 0.597. The van der Waals surface area contributed by atoms with Crippen LogP contribution in [0.4, 0.5) is 17.6 Å². The van der Waals surface area contributed by atoms with Gasteiger partial charge in [-0.3, -0.25) is 4.90 Å². The maximum atomic E-state index is 13.8. The molecule has 1 aromatic rings. The van der Waals surface area contributed by atoms with Crippen LogP contribution in [0.15, 0.2) is 6.08 Å². The Bertz CT molecular complexity index is 534. The molecule has 0 aliphatic carbocycles. The molecule has 0 bridgehead atoms. The number of hydrogen-bond donors (Lipinski definition) is 0. The van der Waals surface area contributed by atoms with Gasteiger partial charge in [0.05, 0.1) is 25.4 Å². The van der Waals surface area contributed by atoms with E-state index in [1.165, 1.54) is 13.0 Å². The summed E-state index contributed by atoms with van der Waals surface area (Å²) in [6.07, 6.45) is 2.51. The van der Waals surface area contributed by atoms with E-state index in [-0.39, 0.29) is 19.0 Å². The highest BCUT2D eigenvalue weighted by atomic mass is 35.5. The maximum Gasteiger partial charge on any atom is 0.204 e. The predicted octanol–water partition coefficient (Wildman–Crippen LogP) is 3.41. The van der Waals surface area contributed by atoms with E-state index in [4.69, 9.17) is 4.74 Å². The van der Waals surface area contributed by atoms with Crippen LogP contribution >= 0.6 is 12.4 Å². The number of halogens is 5. The van der Waals surface area contributed by atoms with Crippen LogP contribution in [0.25, 0.3) is 6.08 Å². The lowest BCUT2D eigenvalue weighted by atomic mass is 10.1. The van der Waals surface area contributed by atoms with Crippen molar-refractivity contribution in [2.45, 2.75) is 6.92 Å². The Balaban J connectivity index is 0.00000264. The Morgan fingerprint density at radius 3 is 2.13 bits per heavy atom. The number of nitrogens with zero attached hydrogens (tertiary/aromatic N) is 1. The van der Waals surface area contributed by atoms with E-state index in [0.717, 1.165) is 6.08 Å². The summed E-state index contributed by atoms with van der Waals surface area (Å²) in [6, 6.07) is 0. The average Bonchev–Trinajstić information content (AvgIpc) is 2.54. The van der Waals surface area contributed by atoms with Gasteiger partial charge in [0.25, 0.3) is 0 Å². The molecule has 0 unspecified atom stereocenters. The minimum absolute atomic E-state index is 0. The summed E-state index contributed by atoms with van der Waals surface area (Å²) in [4.78, 5) is 2.00. The van der Waals surface area contributed by atoms with E-state index in [0.29, 0.717) is 32.8 Å². The van der Waals surface area contributed by atoms with Crippen LogP contribution in [-0.4, -0.2) is 44.4 Å². The maximum absolute atomic E-state index is 13.8. The van der Waals surface area contributed by atoms with Gasteiger partial charge in [0.1, 0.15) is 0 Å². The molecule has 1 aliphatic heterocycles. The van der Waals surface area contributed by atoms with Crippen LogP contribution in [-0.2, 0) is 4.74 Å². The third kappa shape index (κ3) is 4.59. The summed E-state index contributed by atoms with van der Waals surface area (Å²) < 4.78 is 64.9. The number of morpholine rings is 1. The fourth-order valence-corrected chi connectivity index (χ4v) is 2.15. The van der Waals surface area contributed by atoms with Gasteiger partial charge < -0.3 is 9.47 Å². The van der Waals surface area contributed by atoms with Crippen molar-refractivity contribution in [2.75, 3.05) is 39.5 Å². The van der Waals surface area contributed by atoms with Crippen LogP contribution in [0.2, 0.25) is 0 Å². The molecule has 3 nitrogen and oxygen atoms in total. The predicted molar refractivity (Wildman–Crippen MR) is 81.0 cm³/mol. The molecule has 0 spiro atoms. The molecule has 0 N–H and O–H groups in total. The highest BCUT2D eigenvalue weighted by Crippen LogP contribution is 2.30. The second-order valence-corrected chi connectivity index (χ2v) is 4.75. The summed E-state index contributed by atoms with van der Waals surface area (Å²) in [5.41, 5.74) is -0.744. The average molecular weight is 356 g/mol. The first-order chi connectivity index (χ1) is 10.6. The summed E-state index contributed by atoms with van der Waals surface area (Å²) >= 11 is 0. The van der Waals surface area contributed by atoms with Gasteiger partial charge in [0, 0.05) is 19.6 Å². The van der Waals surface area contributed by atoms with Gasteiger partial charge in [0.15, 0.2) is 17.4 Å². The van der Waals surface area contributed by atoms with E-state index in [1.807, 2.05) is 4.90 Å². The second kappa shape index (κ2) is 9.10. The van der Waals surface area contributed by atoms with Crippen molar-refractivity contribution in [2.24, 2.45) is 0 Å². The van der Waals surface area contributed by atoms with Crippen LogP contribution in [0, 0.1) is 23.3 Å². The lowest BCUT2D eigenvalue weighted by Crippen LogP contribution is -2.36. The highest BCUT2D eigenvalue weighted by Gasteiger charge is 2.25. The Morgan fingerprint density at radius 2 is 1.61 bits per heavy atom. The van der Waals surface area contributed by atoms with Crippen molar-refractivity contribution in [1.82, 2.24) is 4.90 Å². The van der Waals surface area contributed by atoms with Gasteiger partial charge in [-0.05, 0) is 6.92 Å². The Labute approximate surface area is 138 Å². The van der Waals surface area contributed by atoms with E-state index in [1.54, 1.807) is 0 Å². The molecule has 0 aromatic heterocycles. The molecule has 1 saturated heterocycles. The summed E-state index contributed by atoms with van der Waals surface area (Å²) in [5, 5.41) is 0. The van der Waals surface area contributed by atoms with Gasteiger partial charge in [-0.2, -0.15) is 8.78 Å². The minimum atomic E-state index is -1.52. The first kappa shape index (κ1) is 19.7. The standard InChI is InChI=1S/C15H17F4NO2.ClH/c1-2-22-15-13(18)11(16)10(12(17)14(15)19)4-3-5-20-6-8-21-9-7-20;/h3-4H,2,5-9H2,1H3;1H/b4-3+;. The Kier molecular flexibility index (Phi) is 7.81. The molecule has 1 aromatic carbocycles. The SMILES string of the molecule is CCOc1c(F)c(F)c(/C=C/CN2CCOCC2)c(F)c1F.Cl. The third-order valence-electron chi connectivity index (χ3n) is 3.30. The molecule has 23 heavy (non-hydrogen) atoms. The van der Waals surface area contributed by atoms with Crippen molar-refractivity contribution < 1.29 is 27.0 Å². The van der Waals surface area contributed by atoms with Gasteiger partial charge in [-0.15, -0.1) is 12.4 Å². The van der Waals surface area contributed by atoms with Gasteiger partial charge in [0.2, 0.25) is 11.6 Å². The van der Waals surface area contributed by atoms with Crippen LogP contribution in [0.1, 0.15) is 12.5 Å². The molecule has 0 saturated carbocycles. The molecule has 1 fully saturated rings. The molecule has 0 atom stereocenters. The van der Waals surface area contributed by atoms with Crippen molar-refractivity contribution in [3.05, 3.63) is 34.9 Å². The molecular weight excluding hydrogens is 338 g/mol. The van der Waals surface area contributed by atoms with Crippen molar-refractivity contribution >= 4 is 18.5 Å². The molecular formula is C15H18ClF4NO2. The molecule has 8 heteroatoms. The van der Waals surface area contributed by atoms with Gasteiger partial charge >= 0.3 is 0 Å². The van der Waals surface area contributed by atoms with E-state index in [2.05, 4.69) is 4.74 Å². The summed E-state index contributed by atoms with van der Waals surface area (Å²) in [5.74, 6) is -6.98. The smallest absolute Gasteiger partial charge is 0.204 e. The van der Waals surface area contributed by atoms with Gasteiger partial charge in [-0.1, -0.05) is 12.2 Å². The fraction of sp³-hybridized carbons (Fsp3) is 0.467. The van der Waals surface area contributed by atoms with E-state index in [9.17, 15) is 17.6 Å². The van der Waals surface area contributed by atoms with E-state index < -0.39 is 34.6 Å². The second-order valence-electron chi connectivity index (χ2n) is 4.75. The van der Waals surface area contributed by atoms with Crippen molar-refractivity contribution in [3.8, 4) is 5.75 Å².